The van der Waals surface area contributed by atoms with Crippen molar-refractivity contribution in [3.63, 3.8) is 0 Å². The number of amides is 1. The second-order valence-corrected chi connectivity index (χ2v) is 3.22. The summed E-state index contributed by atoms with van der Waals surface area (Å²) in [6, 6.07) is -1.40. The zero-order valence-corrected chi connectivity index (χ0v) is 8.48. The maximum atomic E-state index is 11.1. The van der Waals surface area contributed by atoms with Gasteiger partial charge < -0.3 is 15.5 Å². The Morgan fingerprint density at radius 2 is 1.80 bits per heavy atom. The van der Waals surface area contributed by atoms with Gasteiger partial charge in [-0.2, -0.15) is 0 Å². The predicted molar refractivity (Wildman–Crippen MR) is 51.3 cm³/mol. The topological polar surface area (TPSA) is 104 Å². The smallest absolute Gasteiger partial charge is 0.326 e. The molecule has 0 heterocycles. The van der Waals surface area contributed by atoms with Crippen molar-refractivity contribution < 1.29 is 24.6 Å². The first kappa shape index (κ1) is 13.2. The Morgan fingerprint density at radius 1 is 1.27 bits per heavy atom. The van der Waals surface area contributed by atoms with Gasteiger partial charge in [-0.05, 0) is 13.8 Å². The quantitative estimate of drug-likeness (QED) is 0.560. The lowest BCUT2D eigenvalue weighted by atomic mass is 10.2. The molecular weight excluding hydrogens is 202 g/mol. The van der Waals surface area contributed by atoms with Gasteiger partial charge in [0, 0.05) is 6.08 Å². The van der Waals surface area contributed by atoms with E-state index in [9.17, 15) is 14.4 Å². The van der Waals surface area contributed by atoms with Gasteiger partial charge in [-0.1, -0.05) is 5.57 Å². The highest BCUT2D eigenvalue weighted by Gasteiger charge is 2.21. The van der Waals surface area contributed by atoms with Crippen molar-refractivity contribution in [1.29, 1.82) is 0 Å². The lowest BCUT2D eigenvalue weighted by Gasteiger charge is -2.10. The molecule has 0 unspecified atom stereocenters. The van der Waals surface area contributed by atoms with Crippen molar-refractivity contribution in [1.82, 2.24) is 5.32 Å². The summed E-state index contributed by atoms with van der Waals surface area (Å²) in [4.78, 5) is 32.0. The number of aliphatic carboxylic acids is 2. The third-order valence-electron chi connectivity index (χ3n) is 1.41. The van der Waals surface area contributed by atoms with Gasteiger partial charge in [0.25, 0.3) is 0 Å². The van der Waals surface area contributed by atoms with E-state index in [1.807, 2.05) is 0 Å². The lowest BCUT2D eigenvalue weighted by Crippen LogP contribution is -2.41. The molecule has 0 radical (unpaired) electrons. The molecule has 0 aliphatic carbocycles. The molecule has 0 rings (SSSR count). The molecule has 0 saturated heterocycles. The SMILES string of the molecule is CC(C)=CC(=O)N[C@H](CC(=O)O)C(=O)O. The Balaban J connectivity index is 4.42. The van der Waals surface area contributed by atoms with Gasteiger partial charge in [-0.25, -0.2) is 4.79 Å². The van der Waals surface area contributed by atoms with E-state index in [1.165, 1.54) is 6.08 Å². The standard InChI is InChI=1S/C9H13NO5/c1-5(2)3-7(11)10-6(9(14)15)4-8(12)13/h3,6H,4H2,1-2H3,(H,10,11)(H,12,13)(H,14,15)/t6-/m1/s1. The molecule has 84 valence electrons. The van der Waals surface area contributed by atoms with E-state index in [4.69, 9.17) is 10.2 Å². The second kappa shape index (κ2) is 5.79. The molecule has 1 atom stereocenters. The molecule has 0 aromatic heterocycles. The van der Waals surface area contributed by atoms with E-state index in [2.05, 4.69) is 5.32 Å². The van der Waals surface area contributed by atoms with Crippen LogP contribution in [0.2, 0.25) is 0 Å². The third kappa shape index (κ3) is 6.25. The van der Waals surface area contributed by atoms with Gasteiger partial charge in [-0.3, -0.25) is 9.59 Å². The van der Waals surface area contributed by atoms with Crippen LogP contribution in [-0.2, 0) is 14.4 Å². The highest BCUT2D eigenvalue weighted by Crippen LogP contribution is 1.95. The van der Waals surface area contributed by atoms with Gasteiger partial charge in [0.1, 0.15) is 6.04 Å². The number of nitrogens with one attached hydrogen (secondary N) is 1. The summed E-state index contributed by atoms with van der Waals surface area (Å²) in [5, 5.41) is 19.1. The number of carboxylic acid groups (broad SMARTS) is 2. The molecule has 3 N–H and O–H groups in total. The van der Waals surface area contributed by atoms with E-state index >= 15 is 0 Å². The van der Waals surface area contributed by atoms with Crippen LogP contribution in [0.15, 0.2) is 11.6 Å². The van der Waals surface area contributed by atoms with Crippen LogP contribution in [0.1, 0.15) is 20.3 Å². The van der Waals surface area contributed by atoms with Gasteiger partial charge in [-0.15, -0.1) is 0 Å². The van der Waals surface area contributed by atoms with Crippen LogP contribution in [0, 0.1) is 0 Å². The Labute approximate surface area is 86.6 Å². The zero-order chi connectivity index (χ0) is 12.0. The fourth-order valence-corrected chi connectivity index (χ4v) is 0.850. The van der Waals surface area contributed by atoms with Crippen LogP contribution < -0.4 is 5.32 Å². The van der Waals surface area contributed by atoms with Crippen LogP contribution in [0.5, 0.6) is 0 Å². The number of rotatable bonds is 5. The van der Waals surface area contributed by atoms with Gasteiger partial charge >= 0.3 is 11.9 Å². The normalized spacial score (nSPS) is 11.3. The first-order valence-electron chi connectivity index (χ1n) is 4.23. The van der Waals surface area contributed by atoms with Crippen molar-refractivity contribution in [2.24, 2.45) is 0 Å². The van der Waals surface area contributed by atoms with Crippen LogP contribution >= 0.6 is 0 Å². The molecule has 0 aromatic carbocycles. The third-order valence-corrected chi connectivity index (χ3v) is 1.41. The van der Waals surface area contributed by atoms with E-state index in [-0.39, 0.29) is 0 Å². The Kier molecular flexibility index (Phi) is 5.08. The Morgan fingerprint density at radius 3 is 2.13 bits per heavy atom. The molecule has 0 aliphatic rings. The number of carbonyl (C=O) groups excluding carboxylic acids is 1. The summed E-state index contributed by atoms with van der Waals surface area (Å²) in [5.41, 5.74) is 0.701. The molecule has 6 heteroatoms. The maximum absolute atomic E-state index is 11.1. The van der Waals surface area contributed by atoms with E-state index in [1.54, 1.807) is 13.8 Å². The minimum absolute atomic E-state index is 0.608. The van der Waals surface area contributed by atoms with Crippen molar-refractivity contribution in [3.05, 3.63) is 11.6 Å². The molecule has 6 nitrogen and oxygen atoms in total. The molecule has 0 aromatic rings. The van der Waals surface area contributed by atoms with E-state index < -0.39 is 30.3 Å². The van der Waals surface area contributed by atoms with Crippen molar-refractivity contribution in [2.75, 3.05) is 0 Å². The van der Waals surface area contributed by atoms with Crippen LogP contribution in [0.4, 0.5) is 0 Å². The van der Waals surface area contributed by atoms with Crippen LogP contribution in [-0.4, -0.2) is 34.1 Å². The molecule has 0 aliphatic heterocycles. The molecule has 0 bridgehead atoms. The molecular formula is C9H13NO5. The average molecular weight is 215 g/mol. The lowest BCUT2D eigenvalue weighted by molar-refractivity contribution is -0.146. The minimum Gasteiger partial charge on any atom is -0.481 e. The van der Waals surface area contributed by atoms with E-state index in [0.717, 1.165) is 0 Å². The number of hydrogen-bond acceptors (Lipinski definition) is 3. The number of carboxylic acids is 2. The summed E-state index contributed by atoms with van der Waals surface area (Å²) < 4.78 is 0. The molecule has 1 amide bonds. The fourth-order valence-electron chi connectivity index (χ4n) is 0.850. The molecule has 0 saturated carbocycles. The summed E-state index contributed by atoms with van der Waals surface area (Å²) in [5.74, 6) is -3.25. The van der Waals surface area contributed by atoms with Gasteiger partial charge in [0.2, 0.25) is 5.91 Å². The first-order chi connectivity index (χ1) is 6.82. The molecule has 0 fully saturated rings. The Bertz CT molecular complexity index is 304. The predicted octanol–water partition coefficient (Wildman–Crippen LogP) is -0.00330. The summed E-state index contributed by atoms with van der Waals surface area (Å²) in [6.45, 7) is 3.35. The van der Waals surface area contributed by atoms with Crippen molar-refractivity contribution in [2.45, 2.75) is 26.3 Å². The largest absolute Gasteiger partial charge is 0.481 e. The average Bonchev–Trinajstić information content (AvgIpc) is 1.99. The summed E-state index contributed by atoms with van der Waals surface area (Å²) in [6.07, 6.45) is 0.565. The second-order valence-electron chi connectivity index (χ2n) is 3.22. The summed E-state index contributed by atoms with van der Waals surface area (Å²) >= 11 is 0. The summed E-state index contributed by atoms with van der Waals surface area (Å²) in [7, 11) is 0. The number of hydrogen-bond donors (Lipinski definition) is 3. The highest BCUT2D eigenvalue weighted by atomic mass is 16.4. The molecule has 0 spiro atoms. The number of allylic oxidation sites excluding steroid dienone is 1. The van der Waals surface area contributed by atoms with Gasteiger partial charge in [0.15, 0.2) is 0 Å². The maximum Gasteiger partial charge on any atom is 0.326 e. The van der Waals surface area contributed by atoms with Gasteiger partial charge in [0.05, 0.1) is 6.42 Å². The fraction of sp³-hybridized carbons (Fsp3) is 0.444. The van der Waals surface area contributed by atoms with Crippen molar-refractivity contribution >= 4 is 17.8 Å². The van der Waals surface area contributed by atoms with Crippen LogP contribution in [0.3, 0.4) is 0 Å². The highest BCUT2D eigenvalue weighted by molar-refractivity contribution is 5.92. The molecule has 15 heavy (non-hydrogen) atoms. The van der Waals surface area contributed by atoms with E-state index in [0.29, 0.717) is 5.57 Å². The number of carbonyl (C=O) groups is 3. The first-order valence-corrected chi connectivity index (χ1v) is 4.23. The van der Waals surface area contributed by atoms with Crippen LogP contribution in [0.25, 0.3) is 0 Å². The van der Waals surface area contributed by atoms with Crippen molar-refractivity contribution in [3.8, 4) is 0 Å². The Hall–Kier alpha value is -1.85. The monoisotopic (exact) mass is 215 g/mol. The zero-order valence-electron chi connectivity index (χ0n) is 8.48. The minimum atomic E-state index is -1.40.